The molecule has 0 heterocycles. The molecule has 5 nitrogen and oxygen atoms in total. The second-order valence-electron chi connectivity index (χ2n) is 5.98. The van der Waals surface area contributed by atoms with Crippen molar-refractivity contribution in [1.82, 2.24) is 5.32 Å². The number of rotatable bonds is 7. The van der Waals surface area contributed by atoms with E-state index in [1.165, 1.54) is 5.56 Å². The molecule has 0 spiro atoms. The average molecular weight is 362 g/mol. The summed E-state index contributed by atoms with van der Waals surface area (Å²) in [5.41, 5.74) is 1.87. The van der Waals surface area contributed by atoms with Crippen LogP contribution in [0, 0.1) is 6.92 Å². The van der Waals surface area contributed by atoms with Crippen molar-refractivity contribution in [3.8, 4) is 17.2 Å². The smallest absolute Gasteiger partial charge is 0.319 e. The van der Waals surface area contributed by atoms with Crippen LogP contribution >= 0.6 is 0 Å². The minimum atomic E-state index is -0.278. The first-order chi connectivity index (χ1) is 13.2. The van der Waals surface area contributed by atoms with Gasteiger partial charge in [-0.2, -0.15) is 0 Å². The molecule has 0 aromatic heterocycles. The Morgan fingerprint density at radius 1 is 0.815 bits per heavy atom. The van der Waals surface area contributed by atoms with Gasteiger partial charge in [0.2, 0.25) is 0 Å². The van der Waals surface area contributed by atoms with Crippen LogP contribution in [-0.4, -0.2) is 19.2 Å². The van der Waals surface area contributed by atoms with Crippen LogP contribution < -0.4 is 20.1 Å². The Morgan fingerprint density at radius 2 is 1.44 bits per heavy atom. The van der Waals surface area contributed by atoms with Crippen LogP contribution in [-0.2, 0) is 0 Å². The van der Waals surface area contributed by atoms with E-state index in [-0.39, 0.29) is 6.03 Å². The first-order valence-corrected chi connectivity index (χ1v) is 8.76. The third-order valence-corrected chi connectivity index (χ3v) is 3.77. The number of hydrogen-bond acceptors (Lipinski definition) is 3. The molecule has 0 unspecified atom stereocenters. The number of para-hydroxylation sites is 1. The van der Waals surface area contributed by atoms with E-state index in [4.69, 9.17) is 9.47 Å². The van der Waals surface area contributed by atoms with Crippen molar-refractivity contribution in [2.75, 3.05) is 18.5 Å². The monoisotopic (exact) mass is 362 g/mol. The zero-order chi connectivity index (χ0) is 18.9. The molecule has 0 aliphatic heterocycles. The third kappa shape index (κ3) is 6.08. The molecule has 0 bridgehead atoms. The molecule has 2 amide bonds. The van der Waals surface area contributed by atoms with Crippen LogP contribution in [0.4, 0.5) is 10.5 Å². The molecule has 0 aliphatic carbocycles. The number of hydrogen-bond donors (Lipinski definition) is 2. The van der Waals surface area contributed by atoms with Gasteiger partial charge in [-0.05, 0) is 55.5 Å². The Bertz CT molecular complexity index is 847. The maximum Gasteiger partial charge on any atom is 0.319 e. The van der Waals surface area contributed by atoms with E-state index in [0.717, 1.165) is 11.5 Å². The second-order valence-corrected chi connectivity index (χ2v) is 5.98. The highest BCUT2D eigenvalue weighted by Crippen LogP contribution is 2.22. The zero-order valence-corrected chi connectivity index (χ0v) is 15.1. The lowest BCUT2D eigenvalue weighted by molar-refractivity contribution is 0.247. The van der Waals surface area contributed by atoms with Crippen molar-refractivity contribution in [2.45, 2.75) is 6.92 Å². The molecule has 138 valence electrons. The van der Waals surface area contributed by atoms with E-state index in [1.807, 2.05) is 73.7 Å². The first-order valence-electron chi connectivity index (χ1n) is 8.76. The molecule has 3 aromatic carbocycles. The molecule has 0 fully saturated rings. The van der Waals surface area contributed by atoms with Crippen LogP contribution in [0.2, 0.25) is 0 Å². The summed E-state index contributed by atoms with van der Waals surface area (Å²) < 4.78 is 11.3. The van der Waals surface area contributed by atoms with Gasteiger partial charge >= 0.3 is 6.03 Å². The summed E-state index contributed by atoms with van der Waals surface area (Å²) in [6.07, 6.45) is 0. The lowest BCUT2D eigenvalue weighted by atomic mass is 10.2. The van der Waals surface area contributed by atoms with Crippen molar-refractivity contribution in [2.24, 2.45) is 0 Å². The molecule has 0 aliphatic rings. The second kappa shape index (κ2) is 9.29. The highest BCUT2D eigenvalue weighted by atomic mass is 16.5. The number of carbonyl (C=O) groups is 1. The molecule has 5 heteroatoms. The number of ether oxygens (including phenoxy) is 2. The molecule has 27 heavy (non-hydrogen) atoms. The molecule has 0 atom stereocenters. The SMILES string of the molecule is Cc1ccc(OCCNC(=O)Nc2ccc(Oc3ccccc3)cc2)cc1. The van der Waals surface area contributed by atoms with Crippen LogP contribution in [0.5, 0.6) is 17.2 Å². The molecule has 3 rings (SSSR count). The highest BCUT2D eigenvalue weighted by Gasteiger charge is 2.02. The summed E-state index contributed by atoms with van der Waals surface area (Å²) in [6, 6.07) is 24.3. The van der Waals surface area contributed by atoms with Crippen molar-refractivity contribution in [1.29, 1.82) is 0 Å². The Kier molecular flexibility index (Phi) is 6.30. The van der Waals surface area contributed by atoms with Gasteiger partial charge in [0.05, 0.1) is 6.54 Å². The first kappa shape index (κ1) is 18.3. The summed E-state index contributed by atoms with van der Waals surface area (Å²) in [5.74, 6) is 2.26. The van der Waals surface area contributed by atoms with Crippen molar-refractivity contribution < 1.29 is 14.3 Å². The van der Waals surface area contributed by atoms with Gasteiger partial charge in [-0.15, -0.1) is 0 Å². The molecular formula is C22H22N2O3. The normalized spacial score (nSPS) is 10.1. The summed E-state index contributed by atoms with van der Waals surface area (Å²) in [5, 5.41) is 5.54. The average Bonchev–Trinajstić information content (AvgIpc) is 2.69. The van der Waals surface area contributed by atoms with E-state index < -0.39 is 0 Å². The van der Waals surface area contributed by atoms with Gasteiger partial charge in [-0.3, -0.25) is 0 Å². The van der Waals surface area contributed by atoms with Crippen LogP contribution in [0.25, 0.3) is 0 Å². The van der Waals surface area contributed by atoms with Gasteiger partial charge in [0.15, 0.2) is 0 Å². The maximum absolute atomic E-state index is 11.9. The molecule has 0 radical (unpaired) electrons. The third-order valence-electron chi connectivity index (χ3n) is 3.77. The van der Waals surface area contributed by atoms with E-state index in [9.17, 15) is 4.79 Å². The molecule has 0 saturated heterocycles. The number of aryl methyl sites for hydroxylation is 1. The highest BCUT2D eigenvalue weighted by molar-refractivity contribution is 5.89. The number of carbonyl (C=O) groups excluding carboxylic acids is 1. The number of urea groups is 1. The van der Waals surface area contributed by atoms with Gasteiger partial charge in [-0.1, -0.05) is 35.9 Å². The van der Waals surface area contributed by atoms with Crippen LogP contribution in [0.3, 0.4) is 0 Å². The molecule has 0 saturated carbocycles. The van der Waals surface area contributed by atoms with Crippen molar-refractivity contribution in [3.63, 3.8) is 0 Å². The fraction of sp³-hybridized carbons (Fsp3) is 0.136. The van der Waals surface area contributed by atoms with Crippen LogP contribution in [0.15, 0.2) is 78.9 Å². The standard InChI is InChI=1S/C22H22N2O3/c1-17-7-11-19(12-8-17)26-16-15-23-22(25)24-18-9-13-21(14-10-18)27-20-5-3-2-4-6-20/h2-14H,15-16H2,1H3,(H2,23,24,25). The predicted molar refractivity (Wildman–Crippen MR) is 107 cm³/mol. The van der Waals surface area contributed by atoms with Gasteiger partial charge in [0, 0.05) is 5.69 Å². The van der Waals surface area contributed by atoms with Gasteiger partial charge < -0.3 is 20.1 Å². The summed E-state index contributed by atoms with van der Waals surface area (Å²) >= 11 is 0. The topological polar surface area (TPSA) is 59.6 Å². The minimum Gasteiger partial charge on any atom is -0.492 e. The quantitative estimate of drug-likeness (QED) is 0.582. The summed E-state index contributed by atoms with van der Waals surface area (Å²) in [6.45, 7) is 2.84. The van der Waals surface area contributed by atoms with Crippen molar-refractivity contribution in [3.05, 3.63) is 84.4 Å². The van der Waals surface area contributed by atoms with Crippen molar-refractivity contribution >= 4 is 11.7 Å². The number of anilines is 1. The Labute approximate surface area is 158 Å². The number of nitrogens with one attached hydrogen (secondary N) is 2. The minimum absolute atomic E-state index is 0.278. The van der Waals surface area contributed by atoms with E-state index in [0.29, 0.717) is 24.6 Å². The largest absolute Gasteiger partial charge is 0.492 e. The Balaban J connectivity index is 1.39. The number of benzene rings is 3. The molecule has 2 N–H and O–H groups in total. The number of amides is 2. The fourth-order valence-corrected chi connectivity index (χ4v) is 2.37. The molecular weight excluding hydrogens is 340 g/mol. The van der Waals surface area contributed by atoms with Crippen LogP contribution in [0.1, 0.15) is 5.56 Å². The Hall–Kier alpha value is -3.47. The summed E-state index contributed by atoms with van der Waals surface area (Å²) in [4.78, 5) is 11.9. The van der Waals surface area contributed by atoms with E-state index in [2.05, 4.69) is 10.6 Å². The predicted octanol–water partition coefficient (Wildman–Crippen LogP) is 4.99. The van der Waals surface area contributed by atoms with E-state index >= 15 is 0 Å². The Morgan fingerprint density at radius 3 is 2.15 bits per heavy atom. The maximum atomic E-state index is 11.9. The van der Waals surface area contributed by atoms with Gasteiger partial charge in [0.1, 0.15) is 23.9 Å². The summed E-state index contributed by atoms with van der Waals surface area (Å²) in [7, 11) is 0. The fourth-order valence-electron chi connectivity index (χ4n) is 2.37. The lowest BCUT2D eigenvalue weighted by Gasteiger charge is -2.10. The van der Waals surface area contributed by atoms with Gasteiger partial charge in [-0.25, -0.2) is 4.79 Å². The zero-order valence-electron chi connectivity index (χ0n) is 15.1. The van der Waals surface area contributed by atoms with E-state index in [1.54, 1.807) is 12.1 Å². The molecule has 3 aromatic rings. The van der Waals surface area contributed by atoms with Gasteiger partial charge in [0.25, 0.3) is 0 Å². The lowest BCUT2D eigenvalue weighted by Crippen LogP contribution is -2.32.